The molecule has 1 aromatic rings. The zero-order valence-corrected chi connectivity index (χ0v) is 20.1. The van der Waals surface area contributed by atoms with Gasteiger partial charge in [0.2, 0.25) is 11.8 Å². The molecule has 2 aliphatic rings. The van der Waals surface area contributed by atoms with Crippen LogP contribution in [0.5, 0.6) is 0 Å². The third-order valence-electron chi connectivity index (χ3n) is 6.01. The van der Waals surface area contributed by atoms with Gasteiger partial charge in [-0.05, 0) is 12.1 Å². The predicted octanol–water partition coefficient (Wildman–Crippen LogP) is -4.28. The first-order valence-electron chi connectivity index (χ1n) is 11.5. The zero-order valence-electron chi connectivity index (χ0n) is 20.1. The first-order chi connectivity index (χ1) is 17.6. The maximum absolute atomic E-state index is 12.7. The molecule has 0 bridgehead atoms. The Hall–Kier alpha value is -2.76. The van der Waals surface area contributed by atoms with E-state index < -0.39 is 92.2 Å². The molecule has 2 fully saturated rings. The van der Waals surface area contributed by atoms with E-state index in [1.54, 1.807) is 0 Å². The standard InChI is InChI=1S/C22H32N4O11/c1-9(29)24-14-18(33)19(13(8-28)35-21(14)26-20(34)11-4-3-5-23-6-11)37-22-15(25-10(2)30)17(32)16(31)12(7-27)36-22/h3-6,12-19,21-22,27-28,31-33H,7-8H2,1-2H3,(H,24,29)(H,25,30)(H,26,34)/t12-,13-,14-,15-,16-,17-,18-,19-,21-,22+/m1/s1. The van der Waals surface area contributed by atoms with Crippen LogP contribution in [0.4, 0.5) is 0 Å². The van der Waals surface area contributed by atoms with Crippen molar-refractivity contribution in [1.29, 1.82) is 0 Å². The number of rotatable bonds is 8. The largest absolute Gasteiger partial charge is 0.394 e. The Bertz CT molecular complexity index is 938. The van der Waals surface area contributed by atoms with E-state index in [1.807, 2.05) is 0 Å². The Balaban J connectivity index is 1.85. The highest BCUT2D eigenvalue weighted by Gasteiger charge is 2.51. The fourth-order valence-corrected chi connectivity index (χ4v) is 4.24. The normalized spacial score (nSPS) is 35.9. The quantitative estimate of drug-likeness (QED) is 0.160. The second kappa shape index (κ2) is 12.7. The van der Waals surface area contributed by atoms with E-state index in [-0.39, 0.29) is 5.56 Å². The minimum atomic E-state index is -1.62. The maximum atomic E-state index is 12.7. The lowest BCUT2D eigenvalue weighted by Crippen LogP contribution is -2.71. The molecule has 2 aliphatic heterocycles. The molecule has 15 heteroatoms. The molecule has 0 saturated carbocycles. The van der Waals surface area contributed by atoms with Crippen molar-refractivity contribution in [2.45, 2.75) is 75.1 Å². The van der Waals surface area contributed by atoms with Gasteiger partial charge in [-0.2, -0.15) is 0 Å². The minimum absolute atomic E-state index is 0.178. The Kier molecular flexibility index (Phi) is 9.86. The lowest BCUT2D eigenvalue weighted by molar-refractivity contribution is -0.315. The van der Waals surface area contributed by atoms with Crippen LogP contribution in [0, 0.1) is 0 Å². The van der Waals surface area contributed by atoms with Crippen molar-refractivity contribution in [3.05, 3.63) is 30.1 Å². The van der Waals surface area contributed by atoms with Crippen molar-refractivity contribution in [2.75, 3.05) is 13.2 Å². The Labute approximate surface area is 211 Å². The summed E-state index contributed by atoms with van der Waals surface area (Å²) in [5.41, 5.74) is 0.178. The fourth-order valence-electron chi connectivity index (χ4n) is 4.24. The van der Waals surface area contributed by atoms with E-state index >= 15 is 0 Å². The molecule has 0 unspecified atom stereocenters. The van der Waals surface area contributed by atoms with Gasteiger partial charge in [0.05, 0.1) is 18.8 Å². The van der Waals surface area contributed by atoms with Crippen LogP contribution < -0.4 is 16.0 Å². The van der Waals surface area contributed by atoms with Gasteiger partial charge in [-0.1, -0.05) is 0 Å². The molecule has 3 heterocycles. The third-order valence-corrected chi connectivity index (χ3v) is 6.01. The number of hydrogen-bond donors (Lipinski definition) is 8. The summed E-state index contributed by atoms with van der Waals surface area (Å²) in [6.07, 6.45) is -8.83. The highest BCUT2D eigenvalue weighted by molar-refractivity contribution is 5.94. The fraction of sp³-hybridized carbons (Fsp3) is 0.636. The number of nitrogens with one attached hydrogen (secondary N) is 3. The number of amides is 3. The van der Waals surface area contributed by atoms with Crippen molar-refractivity contribution < 1.29 is 54.1 Å². The summed E-state index contributed by atoms with van der Waals surface area (Å²) in [5, 5.41) is 58.8. The summed E-state index contributed by atoms with van der Waals surface area (Å²) >= 11 is 0. The van der Waals surface area contributed by atoms with E-state index in [4.69, 9.17) is 14.2 Å². The Morgan fingerprint density at radius 1 is 0.919 bits per heavy atom. The van der Waals surface area contributed by atoms with E-state index in [9.17, 15) is 39.9 Å². The number of carbonyl (C=O) groups is 3. The molecular weight excluding hydrogens is 496 g/mol. The molecule has 0 aliphatic carbocycles. The van der Waals surface area contributed by atoms with Crippen molar-refractivity contribution in [3.8, 4) is 0 Å². The van der Waals surface area contributed by atoms with Gasteiger partial charge in [0.15, 0.2) is 12.5 Å². The van der Waals surface area contributed by atoms with Crippen LogP contribution in [0.1, 0.15) is 24.2 Å². The van der Waals surface area contributed by atoms with E-state index in [0.29, 0.717) is 0 Å². The molecule has 3 amide bonds. The van der Waals surface area contributed by atoms with Gasteiger partial charge in [-0.25, -0.2) is 0 Å². The molecule has 15 nitrogen and oxygen atoms in total. The second-order valence-corrected chi connectivity index (χ2v) is 8.74. The maximum Gasteiger partial charge on any atom is 0.254 e. The molecular formula is C22H32N4O11. The first-order valence-corrected chi connectivity index (χ1v) is 11.5. The lowest BCUT2D eigenvalue weighted by Gasteiger charge is -2.48. The van der Waals surface area contributed by atoms with Gasteiger partial charge in [0.25, 0.3) is 5.91 Å². The van der Waals surface area contributed by atoms with Crippen LogP contribution in [0.2, 0.25) is 0 Å². The molecule has 1 aromatic heterocycles. The molecule has 3 rings (SSSR count). The number of aliphatic hydroxyl groups excluding tert-OH is 5. The van der Waals surface area contributed by atoms with Gasteiger partial charge in [0, 0.05) is 26.2 Å². The molecule has 2 saturated heterocycles. The van der Waals surface area contributed by atoms with E-state index in [2.05, 4.69) is 20.9 Å². The van der Waals surface area contributed by atoms with Crippen molar-refractivity contribution in [3.63, 3.8) is 0 Å². The summed E-state index contributed by atoms with van der Waals surface area (Å²) in [6.45, 7) is 0.933. The third kappa shape index (κ3) is 6.77. The van der Waals surface area contributed by atoms with Crippen LogP contribution in [0.15, 0.2) is 24.5 Å². The van der Waals surface area contributed by atoms with Crippen LogP contribution in [0.3, 0.4) is 0 Å². The highest BCUT2D eigenvalue weighted by atomic mass is 16.7. The van der Waals surface area contributed by atoms with Crippen molar-refractivity contribution >= 4 is 17.7 Å². The SMILES string of the molecule is CC(=O)N[C@@H]1[C@@H](O)[C@H](O[C@@H]2O[C@H](CO)[C@@H](O)[C@H](O)[C@H]2NC(C)=O)[C@@H](CO)O[C@H]1NC(=O)c1cccnc1. The first kappa shape index (κ1) is 28.8. The van der Waals surface area contributed by atoms with Gasteiger partial charge in [0.1, 0.15) is 48.7 Å². The van der Waals surface area contributed by atoms with Crippen LogP contribution in [0.25, 0.3) is 0 Å². The number of hydrogen-bond acceptors (Lipinski definition) is 12. The summed E-state index contributed by atoms with van der Waals surface area (Å²) in [5.74, 6) is -1.79. The van der Waals surface area contributed by atoms with Gasteiger partial charge < -0.3 is 55.7 Å². The molecule has 8 N–H and O–H groups in total. The number of ether oxygens (including phenoxy) is 3. The van der Waals surface area contributed by atoms with Crippen molar-refractivity contribution in [1.82, 2.24) is 20.9 Å². The number of pyridine rings is 1. The zero-order chi connectivity index (χ0) is 27.3. The molecule has 37 heavy (non-hydrogen) atoms. The predicted molar refractivity (Wildman–Crippen MR) is 121 cm³/mol. The van der Waals surface area contributed by atoms with E-state index in [0.717, 1.165) is 6.92 Å². The van der Waals surface area contributed by atoms with Crippen LogP contribution in [-0.4, -0.2) is 123 Å². The molecule has 0 spiro atoms. The number of nitrogens with zero attached hydrogens (tertiary/aromatic N) is 1. The lowest BCUT2D eigenvalue weighted by atomic mass is 9.94. The average Bonchev–Trinajstić information content (AvgIpc) is 2.87. The second-order valence-electron chi connectivity index (χ2n) is 8.74. The molecule has 206 valence electrons. The minimum Gasteiger partial charge on any atom is -0.394 e. The van der Waals surface area contributed by atoms with Gasteiger partial charge in [-0.15, -0.1) is 0 Å². The number of aliphatic hydroxyl groups is 5. The number of carbonyl (C=O) groups excluding carboxylic acids is 3. The van der Waals surface area contributed by atoms with Crippen LogP contribution >= 0.6 is 0 Å². The molecule has 0 radical (unpaired) electrons. The average molecular weight is 529 g/mol. The monoisotopic (exact) mass is 528 g/mol. The topological polar surface area (TPSA) is 229 Å². The summed E-state index contributed by atoms with van der Waals surface area (Å²) in [4.78, 5) is 40.1. The molecule has 10 atom stereocenters. The summed E-state index contributed by atoms with van der Waals surface area (Å²) in [6, 6.07) is 0.435. The summed E-state index contributed by atoms with van der Waals surface area (Å²) < 4.78 is 17.1. The molecule has 0 aromatic carbocycles. The van der Waals surface area contributed by atoms with Gasteiger partial charge >= 0.3 is 0 Å². The summed E-state index contributed by atoms with van der Waals surface area (Å²) in [7, 11) is 0. The van der Waals surface area contributed by atoms with Crippen LogP contribution in [-0.2, 0) is 23.8 Å². The number of aromatic nitrogens is 1. The van der Waals surface area contributed by atoms with Crippen molar-refractivity contribution in [2.24, 2.45) is 0 Å². The van der Waals surface area contributed by atoms with E-state index in [1.165, 1.54) is 31.5 Å². The smallest absolute Gasteiger partial charge is 0.254 e. The van der Waals surface area contributed by atoms with Gasteiger partial charge in [-0.3, -0.25) is 19.4 Å². The Morgan fingerprint density at radius 3 is 2.14 bits per heavy atom. The highest BCUT2D eigenvalue weighted by Crippen LogP contribution is 2.29. The Morgan fingerprint density at radius 2 is 1.57 bits per heavy atom.